The predicted molar refractivity (Wildman–Crippen MR) is 136 cm³/mol. The molecule has 3 aliphatic rings. The molecule has 0 atom stereocenters. The molecule has 3 fully saturated rings. The van der Waals surface area contributed by atoms with Crippen molar-refractivity contribution >= 4 is 19.2 Å². The Balaban J connectivity index is 1.90. The second-order valence-corrected chi connectivity index (χ2v) is 16.0. The fourth-order valence-electron chi connectivity index (χ4n) is 7.09. The Bertz CT molecular complexity index is 492. The van der Waals surface area contributed by atoms with Crippen LogP contribution in [0.4, 0.5) is 13.2 Å². The molecule has 3 saturated carbocycles. The summed E-state index contributed by atoms with van der Waals surface area (Å²) in [6, 6.07) is 0. The predicted octanol–water partition coefficient (Wildman–Crippen LogP) is 8.82. The first-order chi connectivity index (χ1) is 15.4. The van der Waals surface area contributed by atoms with E-state index in [1.165, 1.54) is 96.3 Å². The molecule has 0 unspecified atom stereocenters. The topological polar surface area (TPSA) is 24.1 Å². The molecule has 0 aromatic heterocycles. The molecular weight excluding hydrogens is 448 g/mol. The lowest BCUT2D eigenvalue weighted by molar-refractivity contribution is -0.0344. The lowest BCUT2D eigenvalue weighted by Crippen LogP contribution is -2.56. The molecule has 2 N–H and O–H groups in total. The Morgan fingerprint density at radius 3 is 1.38 bits per heavy atom. The van der Waals surface area contributed by atoms with Crippen LogP contribution in [-0.2, 0) is 0 Å². The van der Waals surface area contributed by atoms with Gasteiger partial charge in [-0.05, 0) is 89.9 Å². The van der Waals surface area contributed by atoms with Crippen LogP contribution in [0.3, 0.4) is 0 Å². The van der Waals surface area contributed by atoms with Crippen LogP contribution in [0.1, 0.15) is 123 Å². The molecule has 0 bridgehead atoms. The van der Waals surface area contributed by atoms with Crippen molar-refractivity contribution in [1.29, 1.82) is 0 Å². The SMILES string of the molecule is CCC(CC)(NC[P+](C1CCCCC1)(C1CCCCC1)C1CCCCC1)NSC(F)(F)F. The fraction of sp³-hybridized carbons (Fsp3) is 1.00. The zero-order valence-corrected chi connectivity index (χ0v) is 22.2. The van der Waals surface area contributed by atoms with Crippen molar-refractivity contribution in [3.63, 3.8) is 0 Å². The highest BCUT2D eigenvalue weighted by Gasteiger charge is 2.57. The fourth-order valence-corrected chi connectivity index (χ4v) is 14.9. The molecule has 188 valence electrons. The van der Waals surface area contributed by atoms with Crippen LogP contribution in [0.15, 0.2) is 0 Å². The minimum atomic E-state index is -4.25. The maximum atomic E-state index is 13.1. The van der Waals surface area contributed by atoms with Crippen LogP contribution in [0.5, 0.6) is 0 Å². The van der Waals surface area contributed by atoms with E-state index >= 15 is 0 Å². The van der Waals surface area contributed by atoms with Gasteiger partial charge in [0, 0.05) is 19.2 Å². The number of rotatable bonds is 10. The average Bonchev–Trinajstić information content (AvgIpc) is 2.83. The smallest absolute Gasteiger partial charge is 0.266 e. The molecule has 0 spiro atoms. The zero-order chi connectivity index (χ0) is 23.1. The quantitative estimate of drug-likeness (QED) is 0.180. The summed E-state index contributed by atoms with van der Waals surface area (Å²) in [4.78, 5) is 0. The van der Waals surface area contributed by atoms with Crippen molar-refractivity contribution in [2.45, 2.75) is 151 Å². The monoisotopic (exact) mass is 495 g/mol. The van der Waals surface area contributed by atoms with E-state index in [1.807, 2.05) is 13.8 Å². The van der Waals surface area contributed by atoms with Crippen LogP contribution in [0.2, 0.25) is 0 Å². The maximum Gasteiger partial charge on any atom is 0.456 e. The summed E-state index contributed by atoms with van der Waals surface area (Å²) in [5.74, 6) is 0. The third-order valence-electron chi connectivity index (χ3n) is 9.02. The summed E-state index contributed by atoms with van der Waals surface area (Å²) in [6.07, 6.45) is 22.9. The van der Waals surface area contributed by atoms with Gasteiger partial charge in [0.05, 0.1) is 22.6 Å². The van der Waals surface area contributed by atoms with Crippen LogP contribution in [0, 0.1) is 0 Å². The highest BCUT2D eigenvalue weighted by Crippen LogP contribution is 2.76. The minimum absolute atomic E-state index is 0.0531. The highest BCUT2D eigenvalue weighted by molar-refractivity contribution is 7.98. The zero-order valence-electron chi connectivity index (χ0n) is 20.4. The second-order valence-electron chi connectivity index (χ2n) is 10.6. The molecule has 3 rings (SSSR count). The van der Waals surface area contributed by atoms with Crippen LogP contribution >= 0.6 is 19.2 Å². The third-order valence-corrected chi connectivity index (χ3v) is 16.1. The van der Waals surface area contributed by atoms with Gasteiger partial charge in [-0.25, -0.2) is 4.72 Å². The maximum absolute atomic E-state index is 13.1. The Kier molecular flexibility index (Phi) is 10.5. The van der Waals surface area contributed by atoms with Crippen molar-refractivity contribution in [3.8, 4) is 0 Å². The lowest BCUT2D eigenvalue weighted by Gasteiger charge is -2.50. The molecule has 0 aliphatic heterocycles. The van der Waals surface area contributed by atoms with Crippen molar-refractivity contribution in [1.82, 2.24) is 10.0 Å². The summed E-state index contributed by atoms with van der Waals surface area (Å²) in [7, 11) is -1.35. The highest BCUT2D eigenvalue weighted by atomic mass is 32.2. The Hall–Kier alpha value is 0.490. The first-order valence-electron chi connectivity index (χ1n) is 13.5. The van der Waals surface area contributed by atoms with Crippen LogP contribution in [-0.4, -0.2) is 34.4 Å². The van der Waals surface area contributed by atoms with Gasteiger partial charge in [-0.1, -0.05) is 33.1 Å². The summed E-state index contributed by atoms with van der Waals surface area (Å²) < 4.78 is 42.1. The van der Waals surface area contributed by atoms with Gasteiger partial charge in [-0.3, -0.25) is 5.32 Å². The lowest BCUT2D eigenvalue weighted by atomic mass is 9.99. The van der Waals surface area contributed by atoms with Gasteiger partial charge in [0.2, 0.25) is 0 Å². The molecule has 2 nitrogen and oxygen atoms in total. The molecule has 0 saturated heterocycles. The van der Waals surface area contributed by atoms with E-state index in [0.717, 1.165) is 23.3 Å². The van der Waals surface area contributed by atoms with Crippen LogP contribution in [0.25, 0.3) is 0 Å². The van der Waals surface area contributed by atoms with Gasteiger partial charge < -0.3 is 0 Å². The molecule has 3 aliphatic carbocycles. The van der Waals surface area contributed by atoms with E-state index in [2.05, 4.69) is 10.0 Å². The third kappa shape index (κ3) is 6.79. The number of nitrogens with one attached hydrogen (secondary N) is 2. The Morgan fingerprint density at radius 2 is 1.06 bits per heavy atom. The first-order valence-corrected chi connectivity index (χ1v) is 16.5. The molecule has 7 heteroatoms. The van der Waals surface area contributed by atoms with Crippen molar-refractivity contribution in [2.75, 3.05) is 6.29 Å². The average molecular weight is 496 g/mol. The summed E-state index contributed by atoms with van der Waals surface area (Å²) in [5.41, 5.74) is -2.35. The standard InChI is InChI=1S/C25H47F3N2PS/c1-3-24(4-2,30-32-25(26,27)28)29-20-31(21-14-8-5-9-15-21,22-16-10-6-11-17-22)23-18-12-7-13-19-23/h21-23,29-30H,3-20H2,1-2H3/q+1. The molecule has 0 amide bonds. The van der Waals surface area contributed by atoms with E-state index < -0.39 is 18.4 Å². The van der Waals surface area contributed by atoms with E-state index in [1.54, 1.807) is 0 Å². The number of halogens is 3. The summed E-state index contributed by atoms with van der Waals surface area (Å²) in [5, 5.41) is 3.86. The van der Waals surface area contributed by atoms with E-state index in [-0.39, 0.29) is 11.9 Å². The Morgan fingerprint density at radius 1 is 0.688 bits per heavy atom. The van der Waals surface area contributed by atoms with Crippen molar-refractivity contribution in [3.05, 3.63) is 0 Å². The number of hydrogen-bond acceptors (Lipinski definition) is 3. The van der Waals surface area contributed by atoms with E-state index in [4.69, 9.17) is 0 Å². The van der Waals surface area contributed by atoms with Gasteiger partial charge in [0.25, 0.3) is 0 Å². The van der Waals surface area contributed by atoms with Crippen molar-refractivity contribution in [2.24, 2.45) is 0 Å². The molecule has 0 aromatic carbocycles. The van der Waals surface area contributed by atoms with E-state index in [9.17, 15) is 13.2 Å². The second kappa shape index (κ2) is 12.5. The molecular formula is C25H47F3N2PS+. The Labute approximate surface area is 199 Å². The van der Waals surface area contributed by atoms with Gasteiger partial charge in [-0.2, -0.15) is 13.2 Å². The molecule has 0 aromatic rings. The molecule has 0 radical (unpaired) electrons. The van der Waals surface area contributed by atoms with Gasteiger partial charge >= 0.3 is 5.51 Å². The normalized spacial score (nSPS) is 23.5. The van der Waals surface area contributed by atoms with Gasteiger partial charge in [0.15, 0.2) is 0 Å². The summed E-state index contributed by atoms with van der Waals surface area (Å²) >= 11 is -0.0531. The summed E-state index contributed by atoms with van der Waals surface area (Å²) in [6.45, 7) is 4.06. The number of alkyl halides is 3. The molecule has 32 heavy (non-hydrogen) atoms. The van der Waals surface area contributed by atoms with Gasteiger partial charge in [0.1, 0.15) is 6.29 Å². The molecule has 0 heterocycles. The first kappa shape index (κ1) is 27.1. The van der Waals surface area contributed by atoms with Gasteiger partial charge in [-0.15, -0.1) is 0 Å². The van der Waals surface area contributed by atoms with Crippen molar-refractivity contribution < 1.29 is 13.2 Å². The van der Waals surface area contributed by atoms with E-state index in [0.29, 0.717) is 12.8 Å². The van der Waals surface area contributed by atoms with Crippen LogP contribution < -0.4 is 10.0 Å². The number of hydrogen-bond donors (Lipinski definition) is 2. The minimum Gasteiger partial charge on any atom is -0.266 e. The largest absolute Gasteiger partial charge is 0.456 e.